The zero-order valence-corrected chi connectivity index (χ0v) is 17.9. The Hall–Kier alpha value is -2.39. The molecule has 29 heavy (non-hydrogen) atoms. The lowest BCUT2D eigenvalue weighted by atomic mass is 10.3. The second kappa shape index (κ2) is 8.96. The number of aryl methyl sites for hydroxylation is 2. The third-order valence-electron chi connectivity index (χ3n) is 4.91. The van der Waals surface area contributed by atoms with E-state index in [0.29, 0.717) is 35.2 Å². The molecule has 6 nitrogen and oxygen atoms in total. The van der Waals surface area contributed by atoms with Crippen LogP contribution in [0.5, 0.6) is 0 Å². The molecule has 1 aromatic carbocycles. The Morgan fingerprint density at radius 1 is 1.14 bits per heavy atom. The average molecular weight is 422 g/mol. The standard InChI is InChI=1S/C20H25F2N5OS/c1-5-25(6-2)8-9-26(19(28)16-10-13(4)27(7-3)24-16)20-23-18-15(22)11-14(21)12-17(18)29-20/h10-12H,5-9H2,1-4H3. The second-order valence-electron chi connectivity index (χ2n) is 6.70. The molecule has 0 aliphatic heterocycles. The number of benzene rings is 1. The third kappa shape index (κ3) is 4.45. The Morgan fingerprint density at radius 2 is 1.86 bits per heavy atom. The van der Waals surface area contributed by atoms with Crippen LogP contribution in [0.25, 0.3) is 10.2 Å². The van der Waals surface area contributed by atoms with E-state index in [4.69, 9.17) is 0 Å². The Bertz CT molecular complexity index is 1010. The normalized spacial score (nSPS) is 11.6. The lowest BCUT2D eigenvalue weighted by molar-refractivity contribution is 0.0978. The molecular formula is C20H25F2N5OS. The number of aromatic nitrogens is 3. The van der Waals surface area contributed by atoms with Crippen LogP contribution in [0.1, 0.15) is 37.0 Å². The summed E-state index contributed by atoms with van der Waals surface area (Å²) in [6.07, 6.45) is 0. The van der Waals surface area contributed by atoms with Gasteiger partial charge in [0.25, 0.3) is 5.91 Å². The largest absolute Gasteiger partial charge is 0.302 e. The minimum atomic E-state index is -0.732. The summed E-state index contributed by atoms with van der Waals surface area (Å²) in [5.41, 5.74) is 1.27. The zero-order chi connectivity index (χ0) is 21.1. The molecule has 0 atom stereocenters. The van der Waals surface area contributed by atoms with Gasteiger partial charge in [-0.3, -0.25) is 14.4 Å². The van der Waals surface area contributed by atoms with Crippen molar-refractivity contribution in [3.8, 4) is 0 Å². The van der Waals surface area contributed by atoms with Gasteiger partial charge in [-0.1, -0.05) is 25.2 Å². The maximum absolute atomic E-state index is 14.1. The number of hydrogen-bond donors (Lipinski definition) is 0. The number of rotatable bonds is 8. The number of carbonyl (C=O) groups is 1. The van der Waals surface area contributed by atoms with Gasteiger partial charge in [0.15, 0.2) is 16.6 Å². The molecule has 2 heterocycles. The predicted octanol–water partition coefficient (Wildman–Crippen LogP) is 4.09. The van der Waals surface area contributed by atoms with E-state index >= 15 is 0 Å². The van der Waals surface area contributed by atoms with E-state index in [1.807, 2.05) is 13.8 Å². The van der Waals surface area contributed by atoms with Crippen LogP contribution in [0.2, 0.25) is 0 Å². The summed E-state index contributed by atoms with van der Waals surface area (Å²) in [5, 5.41) is 4.72. The minimum absolute atomic E-state index is 0.0716. The Kier molecular flexibility index (Phi) is 6.59. The molecule has 3 rings (SSSR count). The van der Waals surface area contributed by atoms with Crippen molar-refractivity contribution in [2.24, 2.45) is 0 Å². The van der Waals surface area contributed by atoms with Gasteiger partial charge in [0.05, 0.1) is 4.70 Å². The van der Waals surface area contributed by atoms with Gasteiger partial charge in [-0.05, 0) is 39.1 Å². The summed E-state index contributed by atoms with van der Waals surface area (Å²) in [7, 11) is 0. The molecule has 0 N–H and O–H groups in total. The van der Waals surface area contributed by atoms with Crippen molar-refractivity contribution in [3.05, 3.63) is 41.2 Å². The molecule has 0 bridgehead atoms. The van der Waals surface area contributed by atoms with Crippen molar-refractivity contribution in [3.63, 3.8) is 0 Å². The van der Waals surface area contributed by atoms with E-state index < -0.39 is 11.6 Å². The molecule has 156 valence electrons. The Morgan fingerprint density at radius 3 is 2.48 bits per heavy atom. The molecule has 3 aromatic rings. The summed E-state index contributed by atoms with van der Waals surface area (Å²) in [4.78, 5) is 21.3. The smallest absolute Gasteiger partial charge is 0.280 e. The van der Waals surface area contributed by atoms with Crippen LogP contribution < -0.4 is 4.90 Å². The summed E-state index contributed by atoms with van der Waals surface area (Å²) in [6.45, 7) is 11.3. The molecule has 2 aromatic heterocycles. The highest BCUT2D eigenvalue weighted by atomic mass is 32.1. The van der Waals surface area contributed by atoms with Crippen LogP contribution in [0, 0.1) is 18.6 Å². The maximum Gasteiger partial charge on any atom is 0.280 e. The molecule has 0 fully saturated rings. The van der Waals surface area contributed by atoms with Gasteiger partial charge in [0.2, 0.25) is 0 Å². The predicted molar refractivity (Wildman–Crippen MR) is 112 cm³/mol. The van der Waals surface area contributed by atoms with Crippen molar-refractivity contribution in [2.45, 2.75) is 34.2 Å². The summed E-state index contributed by atoms with van der Waals surface area (Å²) in [5.74, 6) is -1.69. The van der Waals surface area contributed by atoms with E-state index in [9.17, 15) is 13.6 Å². The number of carbonyl (C=O) groups excluding carboxylic acids is 1. The number of likely N-dealkylation sites (N-methyl/N-ethyl adjacent to an activating group) is 1. The fourth-order valence-electron chi connectivity index (χ4n) is 3.20. The van der Waals surface area contributed by atoms with Crippen molar-refractivity contribution in [2.75, 3.05) is 31.1 Å². The van der Waals surface area contributed by atoms with Crippen molar-refractivity contribution < 1.29 is 13.6 Å². The number of fused-ring (bicyclic) bond motifs is 1. The lowest BCUT2D eigenvalue weighted by Crippen LogP contribution is -2.39. The fourth-order valence-corrected chi connectivity index (χ4v) is 4.23. The van der Waals surface area contributed by atoms with Crippen molar-refractivity contribution >= 4 is 32.6 Å². The summed E-state index contributed by atoms with van der Waals surface area (Å²) in [6, 6.07) is 3.78. The Labute approximate surface area is 172 Å². The van der Waals surface area contributed by atoms with Crippen LogP contribution in [0.15, 0.2) is 18.2 Å². The molecular weight excluding hydrogens is 396 g/mol. The van der Waals surface area contributed by atoms with Gasteiger partial charge >= 0.3 is 0 Å². The van der Waals surface area contributed by atoms with Crippen LogP contribution in [-0.2, 0) is 6.54 Å². The van der Waals surface area contributed by atoms with Gasteiger partial charge in [0.1, 0.15) is 11.3 Å². The topological polar surface area (TPSA) is 54.3 Å². The molecule has 0 spiro atoms. The number of nitrogens with zero attached hydrogens (tertiary/aromatic N) is 5. The number of anilines is 1. The first-order valence-corrected chi connectivity index (χ1v) is 10.5. The van der Waals surface area contributed by atoms with E-state index in [0.717, 1.165) is 36.2 Å². The quantitative estimate of drug-likeness (QED) is 0.550. The van der Waals surface area contributed by atoms with Crippen LogP contribution in [-0.4, -0.2) is 51.8 Å². The van der Waals surface area contributed by atoms with Gasteiger partial charge < -0.3 is 4.90 Å². The summed E-state index contributed by atoms with van der Waals surface area (Å²) >= 11 is 1.10. The molecule has 0 saturated heterocycles. The highest BCUT2D eigenvalue weighted by molar-refractivity contribution is 7.22. The Balaban J connectivity index is 2.00. The van der Waals surface area contributed by atoms with Gasteiger partial charge in [-0.2, -0.15) is 5.10 Å². The number of amides is 1. The molecule has 1 amide bonds. The second-order valence-corrected chi connectivity index (χ2v) is 7.71. The van der Waals surface area contributed by atoms with E-state index in [1.165, 1.54) is 11.0 Å². The van der Waals surface area contributed by atoms with Crippen LogP contribution in [0.3, 0.4) is 0 Å². The first-order valence-electron chi connectivity index (χ1n) is 9.72. The average Bonchev–Trinajstić information content (AvgIpc) is 3.28. The highest BCUT2D eigenvalue weighted by Crippen LogP contribution is 2.32. The lowest BCUT2D eigenvalue weighted by Gasteiger charge is -2.24. The van der Waals surface area contributed by atoms with Crippen molar-refractivity contribution in [1.29, 1.82) is 0 Å². The molecule has 0 aliphatic carbocycles. The van der Waals surface area contributed by atoms with Crippen LogP contribution in [0.4, 0.5) is 13.9 Å². The zero-order valence-electron chi connectivity index (χ0n) is 17.1. The van der Waals surface area contributed by atoms with Crippen molar-refractivity contribution in [1.82, 2.24) is 19.7 Å². The maximum atomic E-state index is 14.1. The van der Waals surface area contributed by atoms with E-state index in [-0.39, 0.29) is 11.4 Å². The molecule has 0 unspecified atom stereocenters. The third-order valence-corrected chi connectivity index (χ3v) is 5.94. The monoisotopic (exact) mass is 421 g/mol. The van der Waals surface area contributed by atoms with Gasteiger partial charge in [0, 0.05) is 31.4 Å². The first-order chi connectivity index (χ1) is 13.9. The SMILES string of the molecule is CCN(CC)CCN(C(=O)c1cc(C)n(CC)n1)c1nc2c(F)cc(F)cc2s1. The number of hydrogen-bond acceptors (Lipinski definition) is 5. The summed E-state index contributed by atoms with van der Waals surface area (Å²) < 4.78 is 29.9. The highest BCUT2D eigenvalue weighted by Gasteiger charge is 2.25. The molecule has 0 aliphatic rings. The van der Waals surface area contributed by atoms with E-state index in [1.54, 1.807) is 10.7 Å². The number of halogens is 2. The molecule has 0 radical (unpaired) electrons. The fraction of sp³-hybridized carbons (Fsp3) is 0.450. The molecule has 9 heteroatoms. The van der Waals surface area contributed by atoms with E-state index in [2.05, 4.69) is 28.8 Å². The first kappa shape index (κ1) is 21.3. The van der Waals surface area contributed by atoms with Crippen LogP contribution >= 0.6 is 11.3 Å². The number of thiazole rings is 1. The minimum Gasteiger partial charge on any atom is -0.302 e. The molecule has 0 saturated carbocycles. The van der Waals surface area contributed by atoms with Gasteiger partial charge in [-0.15, -0.1) is 0 Å². The van der Waals surface area contributed by atoms with Gasteiger partial charge in [-0.25, -0.2) is 13.8 Å².